The predicted octanol–water partition coefficient (Wildman–Crippen LogP) is 2.25. The molecule has 2 rings (SSSR count). The third kappa shape index (κ3) is 3.14. The van der Waals surface area contributed by atoms with E-state index < -0.39 is 0 Å². The summed E-state index contributed by atoms with van der Waals surface area (Å²) in [6, 6.07) is 5.10. The van der Waals surface area contributed by atoms with Crippen LogP contribution < -0.4 is 10.2 Å². The Kier molecular flexibility index (Phi) is 4.21. The molecule has 1 N–H and O–H groups in total. The number of benzene rings is 1. The summed E-state index contributed by atoms with van der Waals surface area (Å²) in [5, 5.41) is 13.9. The third-order valence-electron chi connectivity index (χ3n) is 3.48. The van der Waals surface area contributed by atoms with Crippen LogP contribution in [0.1, 0.15) is 12.8 Å². The fourth-order valence-electron chi connectivity index (χ4n) is 2.39. The van der Waals surface area contributed by atoms with Crippen molar-refractivity contribution in [2.75, 3.05) is 37.5 Å². The Balaban J connectivity index is 2.27. The topological polar surface area (TPSA) is 67.6 Å². The van der Waals surface area contributed by atoms with Crippen LogP contribution in [0, 0.1) is 10.1 Å². The van der Waals surface area contributed by atoms with E-state index in [0.717, 1.165) is 37.3 Å². The summed E-state index contributed by atoms with van der Waals surface area (Å²) in [4.78, 5) is 12.7. The van der Waals surface area contributed by atoms with Gasteiger partial charge >= 0.3 is 0 Å². The van der Waals surface area contributed by atoms with Gasteiger partial charge in [-0.3, -0.25) is 10.1 Å². The first-order valence-electron chi connectivity index (χ1n) is 6.39. The number of nitrogens with one attached hydrogen (secondary N) is 1. The van der Waals surface area contributed by atoms with Gasteiger partial charge in [-0.15, -0.1) is 0 Å². The van der Waals surface area contributed by atoms with Gasteiger partial charge in [0.15, 0.2) is 0 Å². The van der Waals surface area contributed by atoms with Gasteiger partial charge in [0.05, 0.1) is 11.0 Å². The minimum Gasteiger partial charge on any atom is -0.388 e. The van der Waals surface area contributed by atoms with E-state index in [-0.39, 0.29) is 16.7 Å². The van der Waals surface area contributed by atoms with E-state index in [2.05, 4.69) is 10.2 Å². The molecule has 104 valence electrons. The summed E-state index contributed by atoms with van der Waals surface area (Å²) in [6.07, 6.45) is 2.28. The molecule has 0 amide bonds. The molecule has 6 nitrogen and oxygen atoms in total. The van der Waals surface area contributed by atoms with Crippen LogP contribution in [0.25, 0.3) is 0 Å². The number of anilines is 2. The minimum atomic E-state index is -0.359. The smallest absolute Gasteiger partial charge is 0.273 e. The summed E-state index contributed by atoms with van der Waals surface area (Å²) >= 11 is 0. The number of rotatable bonds is 4. The first-order chi connectivity index (χ1) is 9.13. The SMILES string of the molecule is CNc1cc(N2CCCC(OC)C2)cc([N+](=O)[O-])c1. The summed E-state index contributed by atoms with van der Waals surface area (Å²) in [5.41, 5.74) is 1.74. The lowest BCUT2D eigenvalue weighted by Crippen LogP contribution is -2.39. The lowest BCUT2D eigenvalue weighted by Gasteiger charge is -2.33. The second kappa shape index (κ2) is 5.88. The van der Waals surface area contributed by atoms with E-state index >= 15 is 0 Å². The summed E-state index contributed by atoms with van der Waals surface area (Å²) in [5.74, 6) is 0. The molecule has 1 aliphatic heterocycles. The molecule has 1 atom stereocenters. The summed E-state index contributed by atoms with van der Waals surface area (Å²) in [6.45, 7) is 1.69. The summed E-state index contributed by atoms with van der Waals surface area (Å²) < 4.78 is 5.39. The van der Waals surface area contributed by atoms with E-state index in [9.17, 15) is 10.1 Å². The van der Waals surface area contributed by atoms with Crippen LogP contribution in [0.4, 0.5) is 17.1 Å². The van der Waals surface area contributed by atoms with Crippen molar-refractivity contribution in [1.29, 1.82) is 0 Å². The highest BCUT2D eigenvalue weighted by atomic mass is 16.6. The van der Waals surface area contributed by atoms with Crippen molar-refractivity contribution in [3.63, 3.8) is 0 Å². The van der Waals surface area contributed by atoms with Gasteiger partial charge < -0.3 is 15.0 Å². The molecule has 1 aromatic carbocycles. The quantitative estimate of drug-likeness (QED) is 0.668. The Morgan fingerprint density at radius 2 is 2.26 bits per heavy atom. The number of piperidine rings is 1. The molecular weight excluding hydrogens is 246 g/mol. The fraction of sp³-hybridized carbons (Fsp3) is 0.538. The Morgan fingerprint density at radius 3 is 2.89 bits per heavy atom. The number of hydrogen-bond acceptors (Lipinski definition) is 5. The maximum atomic E-state index is 11.0. The zero-order valence-corrected chi connectivity index (χ0v) is 11.3. The van der Waals surface area contributed by atoms with Crippen molar-refractivity contribution in [3.05, 3.63) is 28.3 Å². The molecule has 1 heterocycles. The molecule has 0 bridgehead atoms. The first-order valence-corrected chi connectivity index (χ1v) is 6.39. The Bertz CT molecular complexity index is 464. The van der Waals surface area contributed by atoms with Gasteiger partial charge in [-0.2, -0.15) is 0 Å². The molecule has 1 saturated heterocycles. The van der Waals surface area contributed by atoms with Gasteiger partial charge in [0.25, 0.3) is 5.69 Å². The van der Waals surface area contributed by atoms with Crippen LogP contribution >= 0.6 is 0 Å². The highest BCUT2D eigenvalue weighted by Crippen LogP contribution is 2.29. The average Bonchev–Trinajstić information content (AvgIpc) is 2.46. The zero-order chi connectivity index (χ0) is 13.8. The number of non-ortho nitro benzene ring substituents is 1. The fourth-order valence-corrected chi connectivity index (χ4v) is 2.39. The normalized spacial score (nSPS) is 19.3. The molecule has 1 fully saturated rings. The monoisotopic (exact) mass is 265 g/mol. The third-order valence-corrected chi connectivity index (χ3v) is 3.48. The van der Waals surface area contributed by atoms with E-state index in [1.807, 2.05) is 6.07 Å². The van der Waals surface area contributed by atoms with Crippen LogP contribution in [0.15, 0.2) is 18.2 Å². The molecule has 0 saturated carbocycles. The number of nitro groups is 1. The van der Waals surface area contributed by atoms with Gasteiger partial charge in [-0.05, 0) is 18.9 Å². The Hall–Kier alpha value is -1.82. The summed E-state index contributed by atoms with van der Waals surface area (Å²) in [7, 11) is 3.47. The lowest BCUT2D eigenvalue weighted by atomic mass is 10.1. The number of nitrogens with zero attached hydrogens (tertiary/aromatic N) is 2. The van der Waals surface area contributed by atoms with Crippen molar-refractivity contribution < 1.29 is 9.66 Å². The number of nitro benzene ring substituents is 1. The van der Waals surface area contributed by atoms with Crippen molar-refractivity contribution in [1.82, 2.24) is 0 Å². The molecule has 0 aromatic heterocycles. The van der Waals surface area contributed by atoms with Crippen molar-refractivity contribution in [2.45, 2.75) is 18.9 Å². The maximum Gasteiger partial charge on any atom is 0.273 e. The first kappa shape index (κ1) is 13.6. The maximum absolute atomic E-state index is 11.0. The van der Waals surface area contributed by atoms with E-state index in [4.69, 9.17) is 4.74 Å². The van der Waals surface area contributed by atoms with Crippen LogP contribution in [0.3, 0.4) is 0 Å². The van der Waals surface area contributed by atoms with Crippen molar-refractivity contribution in [3.8, 4) is 0 Å². The highest BCUT2D eigenvalue weighted by molar-refractivity contribution is 5.64. The van der Waals surface area contributed by atoms with Crippen LogP contribution in [-0.2, 0) is 4.74 Å². The van der Waals surface area contributed by atoms with Gasteiger partial charge in [-0.1, -0.05) is 0 Å². The number of hydrogen-bond donors (Lipinski definition) is 1. The van der Waals surface area contributed by atoms with Gasteiger partial charge in [0.2, 0.25) is 0 Å². The molecular formula is C13H19N3O3. The second-order valence-corrected chi connectivity index (χ2v) is 4.69. The average molecular weight is 265 g/mol. The van der Waals surface area contributed by atoms with E-state index in [0.29, 0.717) is 0 Å². The van der Waals surface area contributed by atoms with Crippen molar-refractivity contribution >= 4 is 17.1 Å². The van der Waals surface area contributed by atoms with Gasteiger partial charge in [-0.25, -0.2) is 0 Å². The standard InChI is InChI=1S/C13H19N3O3/c1-14-10-6-11(8-12(7-10)16(17)18)15-5-3-4-13(9-15)19-2/h6-8,13-14H,3-5,9H2,1-2H3. The lowest BCUT2D eigenvalue weighted by molar-refractivity contribution is -0.384. The Morgan fingerprint density at radius 1 is 1.47 bits per heavy atom. The number of ether oxygens (including phenoxy) is 1. The molecule has 1 aromatic rings. The van der Waals surface area contributed by atoms with Gasteiger partial charge in [0, 0.05) is 50.8 Å². The molecule has 19 heavy (non-hydrogen) atoms. The van der Waals surface area contributed by atoms with Crippen LogP contribution in [-0.4, -0.2) is 38.3 Å². The molecule has 1 unspecified atom stereocenters. The molecule has 0 spiro atoms. The second-order valence-electron chi connectivity index (χ2n) is 4.69. The molecule has 0 radical (unpaired) electrons. The van der Waals surface area contributed by atoms with Crippen molar-refractivity contribution in [2.24, 2.45) is 0 Å². The molecule has 1 aliphatic rings. The minimum absolute atomic E-state index is 0.112. The number of methoxy groups -OCH3 is 1. The van der Waals surface area contributed by atoms with Crippen LogP contribution in [0.5, 0.6) is 0 Å². The highest BCUT2D eigenvalue weighted by Gasteiger charge is 2.21. The van der Waals surface area contributed by atoms with E-state index in [1.165, 1.54) is 0 Å². The van der Waals surface area contributed by atoms with Crippen LogP contribution in [0.2, 0.25) is 0 Å². The predicted molar refractivity (Wildman–Crippen MR) is 74.9 cm³/mol. The molecule has 6 heteroatoms. The largest absolute Gasteiger partial charge is 0.388 e. The zero-order valence-electron chi connectivity index (χ0n) is 11.3. The molecule has 0 aliphatic carbocycles. The Labute approximate surface area is 112 Å². The van der Waals surface area contributed by atoms with E-state index in [1.54, 1.807) is 26.3 Å². The van der Waals surface area contributed by atoms with Gasteiger partial charge in [0.1, 0.15) is 0 Å².